The zero-order valence-corrected chi connectivity index (χ0v) is 15.5. The van der Waals surface area contributed by atoms with Crippen LogP contribution in [-0.4, -0.2) is 12.1 Å². The molecular weight excluding hydrogens is 272 g/mol. The van der Waals surface area contributed by atoms with Gasteiger partial charge in [-0.2, -0.15) is 0 Å². The summed E-state index contributed by atoms with van der Waals surface area (Å²) in [6.45, 7) is 6.57. The van der Waals surface area contributed by atoms with Crippen LogP contribution in [0.25, 0.3) is 0 Å². The molecule has 0 bridgehead atoms. The minimum Gasteiger partial charge on any atom is -0.462 e. The number of hydrogen-bond donors (Lipinski definition) is 0. The van der Waals surface area contributed by atoms with Crippen LogP contribution in [0.15, 0.2) is 0 Å². The lowest BCUT2D eigenvalue weighted by molar-refractivity contribution is -0.149. The Balaban J connectivity index is 3.51. The van der Waals surface area contributed by atoms with E-state index in [1.165, 1.54) is 64.2 Å². The van der Waals surface area contributed by atoms with Crippen LogP contribution in [0.3, 0.4) is 0 Å². The number of hydrogen-bond acceptors (Lipinski definition) is 2. The van der Waals surface area contributed by atoms with Crippen LogP contribution in [-0.2, 0) is 9.53 Å². The second-order valence-corrected chi connectivity index (χ2v) is 6.59. The molecule has 0 fully saturated rings. The van der Waals surface area contributed by atoms with Gasteiger partial charge in [-0.3, -0.25) is 4.79 Å². The fraction of sp³-hybridized carbons (Fsp3) is 0.950. The van der Waals surface area contributed by atoms with Crippen LogP contribution in [0, 0.1) is 0 Å². The molecule has 0 aromatic rings. The molecule has 0 saturated heterocycles. The summed E-state index contributed by atoms with van der Waals surface area (Å²) in [7, 11) is 0. The van der Waals surface area contributed by atoms with Crippen LogP contribution < -0.4 is 0 Å². The van der Waals surface area contributed by atoms with Crippen molar-refractivity contribution in [3.05, 3.63) is 0 Å². The number of ether oxygens (including phenoxy) is 1. The standard InChI is InChI=1S/C20H40O2/c1-4-7-9-11-12-13-14-15-17-19(6-3)22-20(21)18-16-10-8-5-2/h19H,4-18H2,1-3H3/t19-/m1/s1. The maximum Gasteiger partial charge on any atom is 0.306 e. The summed E-state index contributed by atoms with van der Waals surface area (Å²) >= 11 is 0. The summed E-state index contributed by atoms with van der Waals surface area (Å²) in [5.41, 5.74) is 0. The van der Waals surface area contributed by atoms with Crippen molar-refractivity contribution in [2.45, 2.75) is 123 Å². The highest BCUT2D eigenvalue weighted by Crippen LogP contribution is 2.14. The monoisotopic (exact) mass is 312 g/mol. The molecule has 0 spiro atoms. The molecule has 0 aromatic heterocycles. The lowest BCUT2D eigenvalue weighted by Gasteiger charge is -2.16. The third-order valence-electron chi connectivity index (χ3n) is 4.37. The topological polar surface area (TPSA) is 26.3 Å². The Morgan fingerprint density at radius 3 is 1.77 bits per heavy atom. The van der Waals surface area contributed by atoms with E-state index in [0.717, 1.165) is 25.7 Å². The molecule has 0 saturated carbocycles. The van der Waals surface area contributed by atoms with Gasteiger partial charge in [-0.05, 0) is 25.7 Å². The third-order valence-corrected chi connectivity index (χ3v) is 4.37. The van der Waals surface area contributed by atoms with E-state index in [0.29, 0.717) is 6.42 Å². The van der Waals surface area contributed by atoms with Gasteiger partial charge in [0.1, 0.15) is 6.10 Å². The SMILES string of the molecule is CCCCCCCCCC[C@@H](CC)OC(=O)CCCCCC. The van der Waals surface area contributed by atoms with Crippen molar-refractivity contribution in [1.82, 2.24) is 0 Å². The van der Waals surface area contributed by atoms with Crippen molar-refractivity contribution < 1.29 is 9.53 Å². The molecule has 0 rings (SSSR count). The molecule has 0 aliphatic carbocycles. The Morgan fingerprint density at radius 1 is 0.727 bits per heavy atom. The third kappa shape index (κ3) is 14.4. The molecule has 0 unspecified atom stereocenters. The predicted molar refractivity (Wildman–Crippen MR) is 96.2 cm³/mol. The van der Waals surface area contributed by atoms with E-state index >= 15 is 0 Å². The quantitative estimate of drug-likeness (QED) is 0.231. The van der Waals surface area contributed by atoms with Gasteiger partial charge in [0, 0.05) is 6.42 Å². The van der Waals surface area contributed by atoms with E-state index in [9.17, 15) is 4.79 Å². The van der Waals surface area contributed by atoms with Crippen molar-refractivity contribution in [2.75, 3.05) is 0 Å². The molecule has 2 nitrogen and oxygen atoms in total. The smallest absolute Gasteiger partial charge is 0.306 e. The van der Waals surface area contributed by atoms with E-state index in [4.69, 9.17) is 4.74 Å². The number of esters is 1. The Hall–Kier alpha value is -0.530. The van der Waals surface area contributed by atoms with Gasteiger partial charge in [-0.25, -0.2) is 0 Å². The molecule has 0 amide bonds. The van der Waals surface area contributed by atoms with Crippen molar-refractivity contribution in [2.24, 2.45) is 0 Å². The first-order valence-electron chi connectivity index (χ1n) is 9.94. The molecule has 132 valence electrons. The van der Waals surface area contributed by atoms with Gasteiger partial charge >= 0.3 is 5.97 Å². The molecule has 0 aliphatic heterocycles. The van der Waals surface area contributed by atoms with Crippen molar-refractivity contribution in [3.8, 4) is 0 Å². The van der Waals surface area contributed by atoms with Gasteiger partial charge in [-0.1, -0.05) is 85.0 Å². The van der Waals surface area contributed by atoms with E-state index in [-0.39, 0.29) is 12.1 Å². The van der Waals surface area contributed by atoms with Crippen LogP contribution in [0.2, 0.25) is 0 Å². The highest BCUT2D eigenvalue weighted by molar-refractivity contribution is 5.69. The summed E-state index contributed by atoms with van der Waals surface area (Å²) in [5, 5.41) is 0. The number of unbranched alkanes of at least 4 members (excludes halogenated alkanes) is 10. The van der Waals surface area contributed by atoms with E-state index in [2.05, 4.69) is 20.8 Å². The number of rotatable bonds is 16. The Labute approximate surface area is 139 Å². The van der Waals surface area contributed by atoms with Crippen molar-refractivity contribution in [1.29, 1.82) is 0 Å². The molecule has 1 atom stereocenters. The summed E-state index contributed by atoms with van der Waals surface area (Å²) in [6.07, 6.45) is 18.0. The molecule has 2 heteroatoms. The van der Waals surface area contributed by atoms with Crippen LogP contribution in [0.1, 0.15) is 117 Å². The fourth-order valence-electron chi connectivity index (χ4n) is 2.79. The maximum absolute atomic E-state index is 11.8. The van der Waals surface area contributed by atoms with Crippen LogP contribution in [0.5, 0.6) is 0 Å². The maximum atomic E-state index is 11.8. The van der Waals surface area contributed by atoms with Crippen LogP contribution in [0.4, 0.5) is 0 Å². The fourth-order valence-corrected chi connectivity index (χ4v) is 2.79. The van der Waals surface area contributed by atoms with Gasteiger partial charge in [0.2, 0.25) is 0 Å². The first kappa shape index (κ1) is 21.5. The predicted octanol–water partition coefficient (Wildman–Crippen LogP) is 6.81. The lowest BCUT2D eigenvalue weighted by atomic mass is 10.0. The molecular formula is C20H40O2. The zero-order valence-electron chi connectivity index (χ0n) is 15.5. The lowest BCUT2D eigenvalue weighted by Crippen LogP contribution is -2.17. The molecule has 0 heterocycles. The van der Waals surface area contributed by atoms with E-state index in [1.54, 1.807) is 0 Å². The zero-order chi connectivity index (χ0) is 16.5. The Morgan fingerprint density at radius 2 is 1.23 bits per heavy atom. The Bertz CT molecular complexity index is 238. The Kier molecular flexibility index (Phi) is 16.4. The summed E-state index contributed by atoms with van der Waals surface area (Å²) in [4.78, 5) is 11.8. The van der Waals surface area contributed by atoms with E-state index < -0.39 is 0 Å². The van der Waals surface area contributed by atoms with E-state index in [1.807, 2.05) is 0 Å². The number of carbonyl (C=O) groups excluding carboxylic acids is 1. The summed E-state index contributed by atoms with van der Waals surface area (Å²) in [5.74, 6) is 0.0162. The molecule has 0 radical (unpaired) electrons. The second kappa shape index (κ2) is 16.8. The molecule has 22 heavy (non-hydrogen) atoms. The molecule has 0 aliphatic rings. The largest absolute Gasteiger partial charge is 0.462 e. The van der Waals surface area contributed by atoms with Crippen LogP contribution >= 0.6 is 0 Å². The minimum atomic E-state index is 0.0162. The highest BCUT2D eigenvalue weighted by Gasteiger charge is 2.11. The van der Waals surface area contributed by atoms with Crippen molar-refractivity contribution in [3.63, 3.8) is 0 Å². The summed E-state index contributed by atoms with van der Waals surface area (Å²) < 4.78 is 5.60. The molecule has 0 aromatic carbocycles. The second-order valence-electron chi connectivity index (χ2n) is 6.59. The average molecular weight is 313 g/mol. The normalized spacial score (nSPS) is 12.3. The van der Waals surface area contributed by atoms with Gasteiger partial charge in [-0.15, -0.1) is 0 Å². The molecule has 0 N–H and O–H groups in total. The highest BCUT2D eigenvalue weighted by atomic mass is 16.5. The van der Waals surface area contributed by atoms with Gasteiger partial charge in [0.15, 0.2) is 0 Å². The average Bonchev–Trinajstić information content (AvgIpc) is 2.53. The first-order valence-corrected chi connectivity index (χ1v) is 9.94. The summed E-state index contributed by atoms with van der Waals surface area (Å²) in [6, 6.07) is 0. The van der Waals surface area contributed by atoms with Gasteiger partial charge < -0.3 is 4.74 Å². The number of carbonyl (C=O) groups is 1. The minimum absolute atomic E-state index is 0.0162. The van der Waals surface area contributed by atoms with Crippen molar-refractivity contribution >= 4 is 5.97 Å². The van der Waals surface area contributed by atoms with Gasteiger partial charge in [0.25, 0.3) is 0 Å². The van der Waals surface area contributed by atoms with Gasteiger partial charge in [0.05, 0.1) is 0 Å². The first-order chi connectivity index (χ1) is 10.7.